The zero-order valence-electron chi connectivity index (χ0n) is 17.8. The number of hydrogen-bond donors (Lipinski definition) is 1. The predicted molar refractivity (Wildman–Crippen MR) is 119 cm³/mol. The number of rotatable bonds is 6. The van der Waals surface area contributed by atoms with E-state index in [-0.39, 0.29) is 5.76 Å². The minimum absolute atomic E-state index is 0.372. The second-order valence-electron chi connectivity index (χ2n) is 8.79. The zero-order valence-corrected chi connectivity index (χ0v) is 17.8. The number of nitrogens with one attached hydrogen (secondary N) is 1. The quantitative estimate of drug-likeness (QED) is 0.617. The molecule has 0 unspecified atom stereocenters. The lowest BCUT2D eigenvalue weighted by Gasteiger charge is -2.35. The van der Waals surface area contributed by atoms with Crippen LogP contribution >= 0.6 is 0 Å². The highest BCUT2D eigenvalue weighted by atomic mass is 16.4. The summed E-state index contributed by atoms with van der Waals surface area (Å²) in [5, 5.41) is 0. The summed E-state index contributed by atoms with van der Waals surface area (Å²) in [5.74, 6) is 0.197. The van der Waals surface area contributed by atoms with E-state index in [0.717, 1.165) is 18.5 Å². The van der Waals surface area contributed by atoms with Crippen LogP contribution in [-0.2, 0) is 6.42 Å². The highest BCUT2D eigenvalue weighted by Crippen LogP contribution is 2.35. The highest BCUT2D eigenvalue weighted by Gasteiger charge is 2.25. The molecule has 0 aliphatic heterocycles. The normalized spacial score (nSPS) is 19.9. The fourth-order valence-corrected chi connectivity index (χ4v) is 4.89. The number of aromatic amines is 1. The SMILES string of the molecule is Cc1ccc(CCCN(C)C2CCC(c3ccc4[nH]c(=O)oc4c3)CC2)c(C)c1. The average molecular weight is 393 g/mol. The summed E-state index contributed by atoms with van der Waals surface area (Å²) in [6, 6.07) is 13.7. The van der Waals surface area contributed by atoms with Crippen LogP contribution in [0.2, 0.25) is 0 Å². The number of aromatic nitrogens is 1. The van der Waals surface area contributed by atoms with Gasteiger partial charge in [0.2, 0.25) is 0 Å². The average Bonchev–Trinajstić information content (AvgIpc) is 3.09. The molecule has 4 rings (SSSR count). The van der Waals surface area contributed by atoms with Gasteiger partial charge in [-0.05, 0) is 101 Å². The maximum atomic E-state index is 11.4. The molecule has 3 aromatic rings. The molecule has 1 N–H and O–H groups in total. The van der Waals surface area contributed by atoms with E-state index in [1.807, 2.05) is 12.1 Å². The van der Waals surface area contributed by atoms with Crippen molar-refractivity contribution < 1.29 is 4.42 Å². The molecule has 4 heteroatoms. The van der Waals surface area contributed by atoms with E-state index >= 15 is 0 Å². The number of aryl methyl sites for hydroxylation is 3. The third kappa shape index (κ3) is 4.64. The van der Waals surface area contributed by atoms with E-state index in [1.165, 1.54) is 54.4 Å². The van der Waals surface area contributed by atoms with E-state index in [1.54, 1.807) is 0 Å². The van der Waals surface area contributed by atoms with Crippen molar-refractivity contribution in [3.63, 3.8) is 0 Å². The number of hydrogen-bond acceptors (Lipinski definition) is 3. The summed E-state index contributed by atoms with van der Waals surface area (Å²) >= 11 is 0. The second kappa shape index (κ2) is 8.58. The Morgan fingerprint density at radius 1 is 1.07 bits per heavy atom. The van der Waals surface area contributed by atoms with Crippen molar-refractivity contribution >= 4 is 11.1 Å². The summed E-state index contributed by atoms with van der Waals surface area (Å²) < 4.78 is 5.24. The van der Waals surface area contributed by atoms with E-state index in [2.05, 4.69) is 55.0 Å². The Kier molecular flexibility index (Phi) is 5.91. The molecule has 1 aromatic heterocycles. The summed E-state index contributed by atoms with van der Waals surface area (Å²) in [5.41, 5.74) is 7.02. The minimum atomic E-state index is -0.372. The maximum Gasteiger partial charge on any atom is 0.417 e. The van der Waals surface area contributed by atoms with Crippen LogP contribution in [0.1, 0.15) is 60.3 Å². The topological polar surface area (TPSA) is 49.2 Å². The van der Waals surface area contributed by atoms with Gasteiger partial charge in [-0.2, -0.15) is 0 Å². The van der Waals surface area contributed by atoms with Crippen molar-refractivity contribution in [2.24, 2.45) is 0 Å². The van der Waals surface area contributed by atoms with Crippen molar-refractivity contribution in [3.8, 4) is 0 Å². The molecule has 1 fully saturated rings. The first-order valence-corrected chi connectivity index (χ1v) is 10.9. The molecular weight excluding hydrogens is 360 g/mol. The van der Waals surface area contributed by atoms with Crippen LogP contribution in [-0.4, -0.2) is 29.5 Å². The molecule has 1 aliphatic carbocycles. The van der Waals surface area contributed by atoms with Crippen LogP contribution in [0.15, 0.2) is 45.6 Å². The number of oxazole rings is 1. The summed E-state index contributed by atoms with van der Waals surface area (Å²) in [6.07, 6.45) is 7.25. The zero-order chi connectivity index (χ0) is 20.4. The van der Waals surface area contributed by atoms with E-state index in [4.69, 9.17) is 4.42 Å². The fraction of sp³-hybridized carbons (Fsp3) is 0.480. The first-order chi connectivity index (χ1) is 14.0. The van der Waals surface area contributed by atoms with Crippen molar-refractivity contribution in [1.82, 2.24) is 9.88 Å². The van der Waals surface area contributed by atoms with Gasteiger partial charge in [0.15, 0.2) is 5.58 Å². The molecule has 1 aliphatic rings. The van der Waals surface area contributed by atoms with Gasteiger partial charge in [-0.15, -0.1) is 0 Å². The van der Waals surface area contributed by atoms with Crippen molar-refractivity contribution in [2.75, 3.05) is 13.6 Å². The third-order valence-electron chi connectivity index (χ3n) is 6.69. The van der Waals surface area contributed by atoms with Gasteiger partial charge in [0, 0.05) is 6.04 Å². The van der Waals surface area contributed by atoms with Crippen molar-refractivity contribution in [1.29, 1.82) is 0 Å². The Balaban J connectivity index is 1.27. The standard InChI is InChI=1S/C25H32N2O2/c1-17-6-7-19(18(2)15-17)5-4-14-27(3)22-11-8-20(9-12-22)21-10-13-23-24(16-21)29-25(28)26-23/h6-7,10,13,15-16,20,22H,4-5,8-9,11-12,14H2,1-3H3,(H,26,28). The monoisotopic (exact) mass is 392 g/mol. The minimum Gasteiger partial charge on any atom is -0.408 e. The van der Waals surface area contributed by atoms with E-state index < -0.39 is 0 Å². The number of nitrogens with zero attached hydrogens (tertiary/aromatic N) is 1. The molecule has 0 spiro atoms. The number of benzene rings is 2. The Morgan fingerprint density at radius 2 is 1.86 bits per heavy atom. The van der Waals surface area contributed by atoms with E-state index in [0.29, 0.717) is 17.5 Å². The molecule has 154 valence electrons. The van der Waals surface area contributed by atoms with E-state index in [9.17, 15) is 4.79 Å². The predicted octanol–water partition coefficient (Wildman–Crippen LogP) is 5.33. The van der Waals surface area contributed by atoms with Gasteiger partial charge in [0.1, 0.15) is 0 Å². The van der Waals surface area contributed by atoms with Crippen LogP contribution in [0.25, 0.3) is 11.1 Å². The maximum absolute atomic E-state index is 11.4. The Labute approximate surface area is 172 Å². The summed E-state index contributed by atoms with van der Waals surface area (Å²) in [6.45, 7) is 5.54. The van der Waals surface area contributed by atoms with Gasteiger partial charge in [-0.3, -0.25) is 4.98 Å². The Morgan fingerprint density at radius 3 is 2.62 bits per heavy atom. The lowest BCUT2D eigenvalue weighted by atomic mass is 9.81. The van der Waals surface area contributed by atoms with Gasteiger partial charge >= 0.3 is 5.76 Å². The molecule has 0 saturated heterocycles. The molecule has 29 heavy (non-hydrogen) atoms. The molecule has 1 heterocycles. The molecular formula is C25H32N2O2. The lowest BCUT2D eigenvalue weighted by molar-refractivity contribution is 0.181. The van der Waals surface area contributed by atoms with Crippen LogP contribution in [0, 0.1) is 13.8 Å². The van der Waals surface area contributed by atoms with Crippen LogP contribution in [0.3, 0.4) is 0 Å². The Hall–Kier alpha value is -2.33. The number of H-pyrrole nitrogens is 1. The van der Waals surface area contributed by atoms with Gasteiger partial charge < -0.3 is 9.32 Å². The third-order valence-corrected chi connectivity index (χ3v) is 6.69. The van der Waals surface area contributed by atoms with Gasteiger partial charge in [0.25, 0.3) is 0 Å². The Bertz CT molecular complexity index is 1020. The number of fused-ring (bicyclic) bond motifs is 1. The molecule has 0 radical (unpaired) electrons. The van der Waals surface area contributed by atoms with Crippen molar-refractivity contribution in [3.05, 3.63) is 69.2 Å². The molecule has 1 saturated carbocycles. The fourth-order valence-electron chi connectivity index (χ4n) is 4.89. The lowest BCUT2D eigenvalue weighted by Crippen LogP contribution is -2.35. The van der Waals surface area contributed by atoms with Gasteiger partial charge in [0.05, 0.1) is 5.52 Å². The second-order valence-corrected chi connectivity index (χ2v) is 8.79. The van der Waals surface area contributed by atoms with Crippen LogP contribution in [0.4, 0.5) is 0 Å². The van der Waals surface area contributed by atoms with Crippen molar-refractivity contribution in [2.45, 2.75) is 64.3 Å². The first kappa shape index (κ1) is 20.0. The van der Waals surface area contributed by atoms with Gasteiger partial charge in [-0.25, -0.2) is 4.79 Å². The molecule has 0 atom stereocenters. The van der Waals surface area contributed by atoms with Crippen LogP contribution < -0.4 is 5.76 Å². The highest BCUT2D eigenvalue weighted by molar-refractivity contribution is 5.72. The summed E-state index contributed by atoms with van der Waals surface area (Å²) in [4.78, 5) is 16.7. The van der Waals surface area contributed by atoms with Gasteiger partial charge in [-0.1, -0.05) is 29.8 Å². The molecule has 0 bridgehead atoms. The molecule has 4 nitrogen and oxygen atoms in total. The van der Waals surface area contributed by atoms with Crippen LogP contribution in [0.5, 0.6) is 0 Å². The molecule has 0 amide bonds. The smallest absolute Gasteiger partial charge is 0.408 e. The summed E-state index contributed by atoms with van der Waals surface area (Å²) in [7, 11) is 2.29. The largest absolute Gasteiger partial charge is 0.417 e. The first-order valence-electron chi connectivity index (χ1n) is 10.9. The molecule has 2 aromatic carbocycles.